The molecule has 0 aromatic heterocycles. The number of aliphatic hydroxyl groups excluding tert-OH is 6. The molecule has 0 aromatic carbocycles. The van der Waals surface area contributed by atoms with Gasteiger partial charge in [0.2, 0.25) is 0 Å². The zero-order valence-corrected chi connectivity index (χ0v) is 31.0. The van der Waals surface area contributed by atoms with Crippen LogP contribution in [-0.4, -0.2) is 123 Å². The molecule has 6 N–H and O–H groups in total. The van der Waals surface area contributed by atoms with Crippen LogP contribution in [-0.2, 0) is 28.4 Å². The first kappa shape index (κ1) is 37.2. The minimum absolute atomic E-state index is 0.130. The monoisotopic (exact) mass is 722 g/mol. The van der Waals surface area contributed by atoms with Gasteiger partial charge in [0.25, 0.3) is 0 Å². The topological polar surface area (TPSA) is 177 Å². The van der Waals surface area contributed by atoms with Crippen molar-refractivity contribution >= 4 is 0 Å². The molecular weight excluding hydrogens is 660 g/mol. The van der Waals surface area contributed by atoms with Crippen molar-refractivity contribution in [2.45, 2.75) is 178 Å². The van der Waals surface area contributed by atoms with E-state index in [1.165, 1.54) is 5.57 Å². The van der Waals surface area contributed by atoms with E-state index in [9.17, 15) is 30.6 Å². The molecule has 0 bridgehead atoms. The Bertz CT molecular complexity index is 1320. The quantitative estimate of drug-likeness (QED) is 0.234. The highest BCUT2D eigenvalue weighted by Crippen LogP contribution is 2.71. The van der Waals surface area contributed by atoms with E-state index in [1.54, 1.807) is 13.8 Å². The third-order valence-electron chi connectivity index (χ3n) is 15.6. The molecule has 51 heavy (non-hydrogen) atoms. The summed E-state index contributed by atoms with van der Waals surface area (Å²) in [5, 5.41) is 64.8. The smallest absolute Gasteiger partial charge is 0.187 e. The second kappa shape index (κ2) is 13.2. The normalized spacial score (nSPS) is 59.8. The number of aliphatic hydroxyl groups is 6. The van der Waals surface area contributed by atoms with Crippen molar-refractivity contribution in [2.75, 3.05) is 6.61 Å². The Hall–Kier alpha value is -0.740. The summed E-state index contributed by atoms with van der Waals surface area (Å²) in [6.45, 7) is 13.4. The molecule has 4 heterocycles. The Balaban J connectivity index is 1.05. The third kappa shape index (κ3) is 5.67. The van der Waals surface area contributed by atoms with Gasteiger partial charge in [-0.1, -0.05) is 39.3 Å². The fourth-order valence-corrected chi connectivity index (χ4v) is 12.6. The van der Waals surface area contributed by atoms with Gasteiger partial charge in [-0.3, -0.25) is 0 Å². The first-order valence-electron chi connectivity index (χ1n) is 19.8. The fraction of sp³-hybridized carbons (Fsp3) is 0.949. The number of fused-ring (bicyclic) bond motifs is 7. The van der Waals surface area contributed by atoms with Gasteiger partial charge in [0.05, 0.1) is 37.1 Å². The van der Waals surface area contributed by atoms with Gasteiger partial charge in [0, 0.05) is 24.2 Å². The van der Waals surface area contributed by atoms with E-state index >= 15 is 0 Å². The fourth-order valence-electron chi connectivity index (χ4n) is 12.6. The Morgan fingerprint density at radius 1 is 0.765 bits per heavy atom. The van der Waals surface area contributed by atoms with Crippen molar-refractivity contribution in [3.05, 3.63) is 11.6 Å². The van der Waals surface area contributed by atoms with Crippen LogP contribution in [0.4, 0.5) is 0 Å². The summed E-state index contributed by atoms with van der Waals surface area (Å²) in [4.78, 5) is 0. The summed E-state index contributed by atoms with van der Waals surface area (Å²) in [6, 6.07) is 0. The van der Waals surface area contributed by atoms with Crippen LogP contribution in [0.2, 0.25) is 0 Å². The summed E-state index contributed by atoms with van der Waals surface area (Å²) >= 11 is 0. The van der Waals surface area contributed by atoms with Crippen LogP contribution in [0, 0.1) is 46.3 Å². The zero-order chi connectivity index (χ0) is 36.4. The van der Waals surface area contributed by atoms with E-state index in [4.69, 9.17) is 28.4 Å². The summed E-state index contributed by atoms with van der Waals surface area (Å²) in [6.07, 6.45) is -4.22. The van der Waals surface area contributed by atoms with Crippen LogP contribution in [0.1, 0.15) is 92.9 Å². The number of hydrogen-bond acceptors (Lipinski definition) is 12. The second-order valence-corrected chi connectivity index (χ2v) is 18.3. The van der Waals surface area contributed by atoms with Crippen LogP contribution < -0.4 is 0 Å². The maximum atomic E-state index is 11.3. The van der Waals surface area contributed by atoms with Crippen LogP contribution in [0.15, 0.2) is 11.6 Å². The average molecular weight is 723 g/mol. The van der Waals surface area contributed by atoms with Crippen molar-refractivity contribution in [3.63, 3.8) is 0 Å². The Morgan fingerprint density at radius 2 is 1.47 bits per heavy atom. The Kier molecular flexibility index (Phi) is 9.62. The molecule has 4 saturated heterocycles. The number of allylic oxidation sites excluding steroid dienone is 1. The lowest BCUT2D eigenvalue weighted by Crippen LogP contribution is -2.64. The molecule has 0 aromatic rings. The van der Waals surface area contributed by atoms with Crippen molar-refractivity contribution in [2.24, 2.45) is 46.3 Å². The summed E-state index contributed by atoms with van der Waals surface area (Å²) in [7, 11) is 0. The largest absolute Gasteiger partial charge is 0.393 e. The number of ether oxygens (including phenoxy) is 6. The SMILES string of the molecule is C[C@H]1CC[C@@]2(OC1)O[C@H]1CC3C4CC=C5C[C@H](O)C[C@@H](O[C@@H]6O[C@@H](C)[C@H](O)[C@@H](O)[C@H]6O[C@@H]6O[C@@H](C)[C@H](O)[C@@H](O)[C@H]6O)[C@]5(C)C4CC[C@]3(C)C1[C@@H]2C. The van der Waals surface area contributed by atoms with Gasteiger partial charge < -0.3 is 59.1 Å². The highest BCUT2D eigenvalue weighted by molar-refractivity contribution is 5.29. The predicted octanol–water partition coefficient (Wildman–Crippen LogP) is 2.39. The molecule has 0 amide bonds. The molecule has 0 radical (unpaired) electrons. The molecule has 7 fully saturated rings. The predicted molar refractivity (Wildman–Crippen MR) is 182 cm³/mol. The van der Waals surface area contributed by atoms with E-state index in [1.807, 2.05) is 0 Å². The molecule has 22 atom stereocenters. The Labute approximate surface area is 301 Å². The van der Waals surface area contributed by atoms with Crippen molar-refractivity contribution in [1.29, 1.82) is 0 Å². The van der Waals surface area contributed by atoms with E-state index in [2.05, 4.69) is 33.8 Å². The van der Waals surface area contributed by atoms with E-state index in [0.29, 0.717) is 48.3 Å². The first-order valence-corrected chi connectivity index (χ1v) is 19.8. The molecule has 8 rings (SSSR count). The minimum Gasteiger partial charge on any atom is -0.393 e. The van der Waals surface area contributed by atoms with Crippen LogP contribution in [0.5, 0.6) is 0 Å². The number of rotatable bonds is 4. The van der Waals surface area contributed by atoms with Gasteiger partial charge in [-0.2, -0.15) is 0 Å². The molecule has 12 heteroatoms. The van der Waals surface area contributed by atoms with Crippen molar-refractivity contribution in [1.82, 2.24) is 0 Å². The van der Waals surface area contributed by atoms with E-state index < -0.39 is 84.8 Å². The molecule has 290 valence electrons. The lowest BCUT2D eigenvalue weighted by molar-refractivity contribution is -0.371. The summed E-state index contributed by atoms with van der Waals surface area (Å²) in [5.74, 6) is 2.06. The van der Waals surface area contributed by atoms with E-state index in [-0.39, 0.29) is 11.5 Å². The molecule has 4 aliphatic heterocycles. The summed E-state index contributed by atoms with van der Waals surface area (Å²) in [5.41, 5.74) is 0.900. The lowest BCUT2D eigenvalue weighted by atomic mass is 9.46. The van der Waals surface area contributed by atoms with Gasteiger partial charge in [-0.15, -0.1) is 0 Å². The molecule has 4 aliphatic carbocycles. The molecular formula is C39H62O12. The van der Waals surface area contributed by atoms with Gasteiger partial charge in [-0.05, 0) is 87.4 Å². The highest BCUT2D eigenvalue weighted by atomic mass is 16.8. The van der Waals surface area contributed by atoms with Crippen molar-refractivity contribution < 1.29 is 59.1 Å². The first-order chi connectivity index (χ1) is 24.1. The van der Waals surface area contributed by atoms with Gasteiger partial charge in [-0.25, -0.2) is 0 Å². The van der Waals surface area contributed by atoms with Crippen molar-refractivity contribution in [3.8, 4) is 0 Å². The zero-order valence-electron chi connectivity index (χ0n) is 31.0. The molecule has 1 spiro atoms. The van der Waals surface area contributed by atoms with Gasteiger partial charge in [0.1, 0.15) is 36.6 Å². The van der Waals surface area contributed by atoms with Crippen LogP contribution in [0.3, 0.4) is 0 Å². The average Bonchev–Trinajstić information content (AvgIpc) is 3.54. The number of hydrogen-bond donors (Lipinski definition) is 6. The van der Waals surface area contributed by atoms with E-state index in [0.717, 1.165) is 45.1 Å². The van der Waals surface area contributed by atoms with Gasteiger partial charge in [0.15, 0.2) is 18.4 Å². The van der Waals surface area contributed by atoms with Crippen LogP contribution >= 0.6 is 0 Å². The van der Waals surface area contributed by atoms with Gasteiger partial charge >= 0.3 is 0 Å². The Morgan fingerprint density at radius 3 is 2.18 bits per heavy atom. The maximum absolute atomic E-state index is 11.3. The summed E-state index contributed by atoms with van der Waals surface area (Å²) < 4.78 is 38.4. The minimum atomic E-state index is -1.61. The second-order valence-electron chi connectivity index (χ2n) is 18.3. The lowest BCUT2D eigenvalue weighted by Gasteiger charge is -2.60. The van der Waals surface area contributed by atoms with Crippen LogP contribution in [0.25, 0.3) is 0 Å². The third-order valence-corrected chi connectivity index (χ3v) is 15.6. The molecule has 8 aliphatic rings. The molecule has 4 unspecified atom stereocenters. The maximum Gasteiger partial charge on any atom is 0.187 e. The molecule has 3 saturated carbocycles. The molecule has 12 nitrogen and oxygen atoms in total. The highest BCUT2D eigenvalue weighted by Gasteiger charge is 2.69. The standard InChI is InChI=1S/C39H62O12/c1-17-9-12-39(46-16-17)18(2)28-26(51-39)15-25-23-8-7-21-13-22(40)14-27(38(21,6)24(23)10-11-37(25,28)5)49-36-34(32(44)30(42)20(4)48-36)50-35-33(45)31(43)29(41)19(3)47-35/h7,17-20,22-36,40-45H,8-16H2,1-6H3/t17-,18-,19-,20-,22-,23?,24?,25?,26-,27+,28?,29-,30-,31+,32+,33+,34+,35-,36-,37-,38-,39+/m0/s1.